The van der Waals surface area contributed by atoms with E-state index in [1.165, 1.54) is 0 Å². The molecule has 0 amide bonds. The molecule has 1 N–H and O–H groups in total. The molecule has 3 rings (SSSR count). The third kappa shape index (κ3) is 1.91. The summed E-state index contributed by atoms with van der Waals surface area (Å²) in [6.45, 7) is 0. The Kier molecular flexibility index (Phi) is 2.65. The molecule has 0 aliphatic carbocycles. The van der Waals surface area contributed by atoms with Gasteiger partial charge in [0.2, 0.25) is 5.55 Å². The van der Waals surface area contributed by atoms with Crippen LogP contribution in [0.3, 0.4) is 0 Å². The Morgan fingerprint density at radius 2 is 1.67 bits per heavy atom. The molecule has 0 atom stereocenters. The Morgan fingerprint density at radius 3 is 2.44 bits per heavy atom. The lowest BCUT2D eigenvalue weighted by Crippen LogP contribution is -2.02. The number of benzene rings is 2. The van der Waals surface area contributed by atoms with E-state index < -0.39 is 0 Å². The van der Waals surface area contributed by atoms with Crippen LogP contribution in [0.1, 0.15) is 0 Å². The van der Waals surface area contributed by atoms with E-state index in [0.29, 0.717) is 5.02 Å². The summed E-state index contributed by atoms with van der Waals surface area (Å²) in [5.41, 5.74) is 2.58. The Morgan fingerprint density at radius 1 is 0.944 bits per heavy atom. The first-order chi connectivity index (χ1) is 8.74. The molecule has 18 heavy (non-hydrogen) atoms. The average Bonchev–Trinajstić information content (AvgIpc) is 2.39. The van der Waals surface area contributed by atoms with Crippen LogP contribution in [0.5, 0.6) is 0 Å². The number of halogens is 1. The molecule has 1 aromatic heterocycles. The first kappa shape index (κ1) is 11.1. The monoisotopic (exact) mass is 255 g/mol. The first-order valence-electron chi connectivity index (χ1n) is 5.57. The maximum absolute atomic E-state index is 7.94. The van der Waals surface area contributed by atoms with Crippen molar-refractivity contribution in [2.45, 2.75) is 0 Å². The van der Waals surface area contributed by atoms with E-state index in [4.69, 9.17) is 21.4 Å². The van der Waals surface area contributed by atoms with E-state index in [9.17, 15) is 0 Å². The SMILES string of the molecule is N=c1oc2ccccc2cc1-c1ccc(Cl)cc1. The topological polar surface area (TPSA) is 37.0 Å². The predicted octanol–water partition coefficient (Wildman–Crippen LogP) is 4.23. The lowest BCUT2D eigenvalue weighted by Gasteiger charge is -2.03. The molecule has 0 saturated carbocycles. The summed E-state index contributed by atoms with van der Waals surface area (Å²) in [4.78, 5) is 0. The van der Waals surface area contributed by atoms with Gasteiger partial charge in [-0.3, -0.25) is 5.41 Å². The molecular weight excluding hydrogens is 246 g/mol. The molecule has 88 valence electrons. The highest BCUT2D eigenvalue weighted by Gasteiger charge is 2.04. The number of para-hydroxylation sites is 1. The van der Waals surface area contributed by atoms with Gasteiger partial charge in [0.1, 0.15) is 5.58 Å². The maximum atomic E-state index is 7.94. The Balaban J connectivity index is 2.26. The summed E-state index contributed by atoms with van der Waals surface area (Å²) < 4.78 is 5.51. The van der Waals surface area contributed by atoms with E-state index in [1.807, 2.05) is 54.6 Å². The molecule has 2 aromatic carbocycles. The van der Waals surface area contributed by atoms with Crippen molar-refractivity contribution in [2.24, 2.45) is 0 Å². The fourth-order valence-electron chi connectivity index (χ4n) is 1.92. The second kappa shape index (κ2) is 4.31. The van der Waals surface area contributed by atoms with Gasteiger partial charge in [-0.15, -0.1) is 0 Å². The van der Waals surface area contributed by atoms with Crippen molar-refractivity contribution in [2.75, 3.05) is 0 Å². The molecule has 0 radical (unpaired) electrons. The van der Waals surface area contributed by atoms with Crippen LogP contribution in [0.15, 0.2) is 59.0 Å². The lowest BCUT2D eigenvalue weighted by molar-refractivity contribution is 0.536. The van der Waals surface area contributed by atoms with Crippen LogP contribution in [0.25, 0.3) is 22.1 Å². The Labute approximate surface area is 109 Å². The van der Waals surface area contributed by atoms with Crippen molar-refractivity contribution in [1.29, 1.82) is 5.41 Å². The van der Waals surface area contributed by atoms with Crippen molar-refractivity contribution in [3.05, 3.63) is 65.2 Å². The van der Waals surface area contributed by atoms with E-state index in [-0.39, 0.29) is 5.55 Å². The molecule has 0 unspecified atom stereocenters. The average molecular weight is 256 g/mol. The van der Waals surface area contributed by atoms with Crippen LogP contribution < -0.4 is 5.55 Å². The summed E-state index contributed by atoms with van der Waals surface area (Å²) in [5.74, 6) is 0. The molecule has 1 heterocycles. The largest absolute Gasteiger partial charge is 0.438 e. The molecule has 3 heteroatoms. The number of hydrogen-bond donors (Lipinski definition) is 1. The highest BCUT2D eigenvalue weighted by atomic mass is 35.5. The van der Waals surface area contributed by atoms with E-state index in [1.54, 1.807) is 0 Å². The molecule has 0 aliphatic rings. The molecule has 0 aliphatic heterocycles. The highest BCUT2D eigenvalue weighted by Crippen LogP contribution is 2.22. The van der Waals surface area contributed by atoms with Gasteiger partial charge in [-0.25, -0.2) is 0 Å². The number of nitrogens with one attached hydrogen (secondary N) is 1. The summed E-state index contributed by atoms with van der Waals surface area (Å²) in [6.07, 6.45) is 0. The molecular formula is C15H10ClNO. The van der Waals surface area contributed by atoms with Gasteiger partial charge in [0.15, 0.2) is 0 Å². The van der Waals surface area contributed by atoms with E-state index in [2.05, 4.69) is 0 Å². The van der Waals surface area contributed by atoms with Crippen molar-refractivity contribution in [3.63, 3.8) is 0 Å². The van der Waals surface area contributed by atoms with Crippen molar-refractivity contribution >= 4 is 22.6 Å². The Hall–Kier alpha value is -2.06. The maximum Gasteiger partial charge on any atom is 0.219 e. The second-order valence-electron chi connectivity index (χ2n) is 4.03. The quantitative estimate of drug-likeness (QED) is 0.694. The number of rotatable bonds is 1. The van der Waals surface area contributed by atoms with Crippen molar-refractivity contribution in [3.8, 4) is 11.1 Å². The minimum absolute atomic E-state index is 0.163. The second-order valence-corrected chi connectivity index (χ2v) is 4.47. The standard InChI is InChI=1S/C15H10ClNO/c16-12-7-5-10(6-8-12)13-9-11-3-1-2-4-14(11)18-15(13)17/h1-9,17H. The molecule has 3 aromatic rings. The van der Waals surface area contributed by atoms with Gasteiger partial charge in [-0.2, -0.15) is 0 Å². The Bertz CT molecular complexity index is 759. The zero-order valence-corrected chi connectivity index (χ0v) is 10.2. The lowest BCUT2D eigenvalue weighted by atomic mass is 10.1. The van der Waals surface area contributed by atoms with Gasteiger partial charge in [0, 0.05) is 16.0 Å². The normalized spacial score (nSPS) is 10.7. The van der Waals surface area contributed by atoms with Crippen LogP contribution in [-0.2, 0) is 0 Å². The highest BCUT2D eigenvalue weighted by molar-refractivity contribution is 6.30. The summed E-state index contributed by atoms with van der Waals surface area (Å²) in [7, 11) is 0. The van der Waals surface area contributed by atoms with Gasteiger partial charge in [-0.05, 0) is 29.8 Å². The van der Waals surface area contributed by atoms with Crippen molar-refractivity contribution < 1.29 is 4.42 Å². The molecule has 2 nitrogen and oxygen atoms in total. The number of hydrogen-bond acceptors (Lipinski definition) is 2. The van der Waals surface area contributed by atoms with Gasteiger partial charge in [0.05, 0.1) is 0 Å². The van der Waals surface area contributed by atoms with E-state index >= 15 is 0 Å². The summed E-state index contributed by atoms with van der Waals surface area (Å²) >= 11 is 5.86. The van der Waals surface area contributed by atoms with Crippen LogP contribution in [-0.4, -0.2) is 0 Å². The summed E-state index contributed by atoms with van der Waals surface area (Å²) in [6, 6.07) is 17.0. The van der Waals surface area contributed by atoms with E-state index in [0.717, 1.165) is 22.1 Å². The van der Waals surface area contributed by atoms with Gasteiger partial charge < -0.3 is 4.42 Å². The van der Waals surface area contributed by atoms with Crippen molar-refractivity contribution in [1.82, 2.24) is 0 Å². The minimum Gasteiger partial charge on any atom is -0.438 e. The molecule has 0 fully saturated rings. The van der Waals surface area contributed by atoms with Crippen LogP contribution >= 0.6 is 11.6 Å². The molecule has 0 spiro atoms. The third-order valence-electron chi connectivity index (χ3n) is 2.83. The molecule has 0 saturated heterocycles. The van der Waals surface area contributed by atoms with Crippen LogP contribution in [0, 0.1) is 5.41 Å². The van der Waals surface area contributed by atoms with Gasteiger partial charge in [-0.1, -0.05) is 41.9 Å². The van der Waals surface area contributed by atoms with Gasteiger partial charge >= 0.3 is 0 Å². The third-order valence-corrected chi connectivity index (χ3v) is 3.08. The van der Waals surface area contributed by atoms with Crippen LogP contribution in [0.2, 0.25) is 5.02 Å². The predicted molar refractivity (Wildman–Crippen MR) is 72.5 cm³/mol. The number of fused-ring (bicyclic) bond motifs is 1. The smallest absolute Gasteiger partial charge is 0.219 e. The van der Waals surface area contributed by atoms with Gasteiger partial charge in [0.25, 0.3) is 0 Å². The fraction of sp³-hybridized carbons (Fsp3) is 0. The first-order valence-corrected chi connectivity index (χ1v) is 5.95. The molecule has 0 bridgehead atoms. The fourth-order valence-corrected chi connectivity index (χ4v) is 2.05. The zero-order chi connectivity index (χ0) is 12.5. The minimum atomic E-state index is 0.163. The van der Waals surface area contributed by atoms with Crippen LogP contribution in [0.4, 0.5) is 0 Å². The summed E-state index contributed by atoms with van der Waals surface area (Å²) in [5, 5.41) is 9.61. The zero-order valence-electron chi connectivity index (χ0n) is 9.48.